The number of hydrogen-bond acceptors (Lipinski definition) is 9. The molecule has 0 heterocycles. The Kier molecular flexibility index (Phi) is 16.8. The highest BCUT2D eigenvalue weighted by molar-refractivity contribution is 6.10. The number of carbonyl (C=O) groups is 5. The number of carboxylic acid groups (broad SMARTS) is 1. The number of hydrogen-bond donors (Lipinski definition) is 5. The van der Waals surface area contributed by atoms with E-state index in [1.54, 1.807) is 61.5 Å². The molecule has 8 rings (SSSR count). The molecule has 0 bridgehead atoms. The number of phenolic OH excluding ortho intramolecular Hbond substituents is 1. The van der Waals surface area contributed by atoms with E-state index in [-0.39, 0.29) is 28.5 Å². The van der Waals surface area contributed by atoms with E-state index in [0.717, 1.165) is 44.5 Å². The number of aromatic hydroxyl groups is 1. The van der Waals surface area contributed by atoms with Crippen molar-refractivity contribution in [2.24, 2.45) is 0 Å². The van der Waals surface area contributed by atoms with Crippen LogP contribution in [0.4, 0.5) is 17.1 Å². The monoisotopic (exact) mass is 933 g/mol. The van der Waals surface area contributed by atoms with Crippen molar-refractivity contribution in [2.45, 2.75) is 20.8 Å². The Bertz CT molecular complexity index is 3170. The molecule has 0 aromatic heterocycles. The number of carboxylic acids is 1. The first kappa shape index (κ1) is 50.1. The summed E-state index contributed by atoms with van der Waals surface area (Å²) in [5.41, 5.74) is 16.4. The summed E-state index contributed by atoms with van der Waals surface area (Å²) in [6.45, 7) is 5.55. The largest absolute Gasteiger partial charge is 0.507 e. The molecule has 12 nitrogen and oxygen atoms in total. The molecule has 0 saturated carbocycles. The number of methoxy groups -OCH3 is 2. The first-order valence-corrected chi connectivity index (χ1v) is 21.9. The van der Waals surface area contributed by atoms with Crippen molar-refractivity contribution in [3.63, 3.8) is 0 Å². The summed E-state index contributed by atoms with van der Waals surface area (Å²) in [6, 6.07) is 54.9. The maximum absolute atomic E-state index is 12.8. The molecule has 0 saturated heterocycles. The first-order valence-electron chi connectivity index (χ1n) is 21.9. The highest BCUT2D eigenvalue weighted by atomic mass is 16.5. The topological polar surface area (TPSA) is 194 Å². The van der Waals surface area contributed by atoms with Gasteiger partial charge < -0.3 is 36.1 Å². The molecular weight excluding hydrogens is 883 g/mol. The number of nitrogen functional groups attached to an aromatic ring is 1. The molecule has 0 fully saturated rings. The van der Waals surface area contributed by atoms with Gasteiger partial charge in [0, 0.05) is 11.3 Å². The van der Waals surface area contributed by atoms with Crippen LogP contribution in [0.25, 0.3) is 33.4 Å². The number of amides is 2. The van der Waals surface area contributed by atoms with E-state index in [1.807, 2.05) is 129 Å². The van der Waals surface area contributed by atoms with Gasteiger partial charge in [0.2, 0.25) is 0 Å². The summed E-state index contributed by atoms with van der Waals surface area (Å²) < 4.78 is 9.51. The van der Waals surface area contributed by atoms with Gasteiger partial charge in [-0.1, -0.05) is 133 Å². The van der Waals surface area contributed by atoms with Gasteiger partial charge in [0.05, 0.1) is 47.8 Å². The molecule has 8 aromatic rings. The lowest BCUT2D eigenvalue weighted by Crippen LogP contribution is -2.17. The van der Waals surface area contributed by atoms with Crippen LogP contribution in [-0.4, -0.2) is 54.2 Å². The van der Waals surface area contributed by atoms with Crippen LogP contribution in [0.1, 0.15) is 68.5 Å². The summed E-state index contributed by atoms with van der Waals surface area (Å²) >= 11 is 0. The predicted octanol–water partition coefficient (Wildman–Crippen LogP) is 12.0. The van der Waals surface area contributed by atoms with Crippen molar-refractivity contribution in [2.75, 3.05) is 30.6 Å². The minimum Gasteiger partial charge on any atom is -0.507 e. The van der Waals surface area contributed by atoms with Gasteiger partial charge in [-0.15, -0.1) is 0 Å². The average Bonchev–Trinajstić information content (AvgIpc) is 3.38. The van der Waals surface area contributed by atoms with Gasteiger partial charge in [0.15, 0.2) is 0 Å². The lowest BCUT2D eigenvalue weighted by atomic mass is 10.0. The quantitative estimate of drug-likeness (QED) is 0.0650. The second-order valence-corrected chi connectivity index (χ2v) is 15.8. The van der Waals surface area contributed by atoms with E-state index in [1.165, 1.54) is 26.4 Å². The molecule has 2 amide bonds. The maximum atomic E-state index is 12.8. The minimum atomic E-state index is -1.15. The number of ether oxygens (including phenoxy) is 2. The van der Waals surface area contributed by atoms with Crippen LogP contribution in [0.2, 0.25) is 0 Å². The van der Waals surface area contributed by atoms with E-state index in [2.05, 4.69) is 15.4 Å². The van der Waals surface area contributed by atoms with Gasteiger partial charge in [0.1, 0.15) is 5.75 Å². The van der Waals surface area contributed by atoms with Gasteiger partial charge in [-0.05, 0) is 119 Å². The van der Waals surface area contributed by atoms with Crippen LogP contribution in [-0.2, 0) is 9.47 Å². The van der Waals surface area contributed by atoms with Crippen LogP contribution < -0.4 is 16.4 Å². The number of phenols is 1. The SMILES string of the molecule is COC(=O)c1ccc(-c2ccccc2)cc1N.COC(=O)c1ccc(-c2ccccc2)cc1NC(=O)c1cccc(C)c1C.Cc1cccc(C(=O)Nc2cc(-c3ccccc3)ccc2C(=O)O)c1O. The van der Waals surface area contributed by atoms with Crippen molar-refractivity contribution in [1.82, 2.24) is 0 Å². The van der Waals surface area contributed by atoms with E-state index >= 15 is 0 Å². The summed E-state index contributed by atoms with van der Waals surface area (Å²) in [5, 5.41) is 25.0. The maximum Gasteiger partial charge on any atom is 0.339 e. The number of aromatic carboxylic acids is 1. The van der Waals surface area contributed by atoms with E-state index in [9.17, 15) is 34.2 Å². The number of esters is 2. The van der Waals surface area contributed by atoms with E-state index < -0.39 is 23.8 Å². The van der Waals surface area contributed by atoms with Gasteiger partial charge in [-0.2, -0.15) is 0 Å². The summed E-state index contributed by atoms with van der Waals surface area (Å²) in [7, 11) is 2.66. The molecule has 6 N–H and O–H groups in total. The van der Waals surface area contributed by atoms with Crippen LogP contribution in [0, 0.1) is 20.8 Å². The van der Waals surface area contributed by atoms with E-state index in [0.29, 0.717) is 33.6 Å². The number of anilines is 3. The molecule has 0 radical (unpaired) electrons. The zero-order chi connectivity index (χ0) is 50.3. The molecule has 0 unspecified atom stereocenters. The van der Waals surface area contributed by atoms with Gasteiger partial charge in [-0.3, -0.25) is 9.59 Å². The van der Waals surface area contributed by atoms with Crippen molar-refractivity contribution < 1.29 is 43.7 Å². The molecule has 0 atom stereocenters. The van der Waals surface area contributed by atoms with Crippen molar-refractivity contribution >= 4 is 46.8 Å². The van der Waals surface area contributed by atoms with Crippen LogP contribution in [0.5, 0.6) is 5.75 Å². The standard InChI is InChI=1S/C23H21NO3.C21H17NO4.C14H13NO2/c1-15-8-7-11-19(16(15)2)22(25)24-21-14-18(17-9-5-4-6-10-17)12-13-20(21)23(26)27-3;1-13-6-5-9-17(19(13)23)20(24)22-18-12-15(10-11-16(18)21(25)26)14-7-3-2-4-8-14;1-17-14(16)12-8-7-11(9-13(12)15)10-5-3-2-4-6-10/h4-14H,1-3H3,(H,24,25);2-12,23H,1H3,(H,22,24)(H,25,26);2-9H,15H2,1H3. The third kappa shape index (κ3) is 12.4. The number of aryl methyl sites for hydroxylation is 2. The fourth-order valence-electron chi connectivity index (χ4n) is 7.28. The number of para-hydroxylation sites is 1. The third-order valence-corrected chi connectivity index (χ3v) is 11.3. The molecule has 0 aliphatic rings. The number of nitrogens with two attached hydrogens (primary N) is 1. The molecule has 0 spiro atoms. The first-order chi connectivity index (χ1) is 33.7. The molecule has 0 aliphatic carbocycles. The molecule has 70 heavy (non-hydrogen) atoms. The summed E-state index contributed by atoms with van der Waals surface area (Å²) in [4.78, 5) is 60.4. The third-order valence-electron chi connectivity index (χ3n) is 11.3. The second kappa shape index (κ2) is 23.4. The molecule has 352 valence electrons. The predicted molar refractivity (Wildman–Crippen MR) is 274 cm³/mol. The normalized spacial score (nSPS) is 10.2. The van der Waals surface area contributed by atoms with Crippen molar-refractivity contribution in [3.05, 3.63) is 226 Å². The van der Waals surface area contributed by atoms with Crippen LogP contribution in [0.3, 0.4) is 0 Å². The Morgan fingerprint density at radius 3 is 1.30 bits per heavy atom. The number of rotatable bonds is 10. The van der Waals surface area contributed by atoms with Gasteiger partial charge >= 0.3 is 17.9 Å². The highest BCUT2D eigenvalue weighted by Gasteiger charge is 2.20. The Morgan fingerprint density at radius 2 is 0.829 bits per heavy atom. The lowest BCUT2D eigenvalue weighted by Gasteiger charge is -2.14. The van der Waals surface area contributed by atoms with Crippen molar-refractivity contribution in [3.8, 4) is 39.1 Å². The summed E-state index contributed by atoms with van der Waals surface area (Å²) in [6.07, 6.45) is 0. The van der Waals surface area contributed by atoms with Gasteiger partial charge in [0.25, 0.3) is 11.8 Å². The second-order valence-electron chi connectivity index (χ2n) is 15.8. The Labute approximate surface area is 406 Å². The molecule has 0 aliphatic heterocycles. The fourth-order valence-corrected chi connectivity index (χ4v) is 7.28. The minimum absolute atomic E-state index is 0.0230. The summed E-state index contributed by atoms with van der Waals surface area (Å²) in [5.74, 6) is -3.01. The fraction of sp³-hybridized carbons (Fsp3) is 0.0862. The van der Waals surface area contributed by atoms with Crippen molar-refractivity contribution in [1.29, 1.82) is 0 Å². The average molecular weight is 934 g/mol. The Morgan fingerprint density at radius 1 is 0.429 bits per heavy atom. The number of nitrogens with one attached hydrogen (secondary N) is 2. The molecule has 8 aromatic carbocycles. The Hall–Kier alpha value is -9.29. The lowest BCUT2D eigenvalue weighted by molar-refractivity contribution is 0.0593. The highest BCUT2D eigenvalue weighted by Crippen LogP contribution is 2.30. The zero-order valence-electron chi connectivity index (χ0n) is 39.2. The van der Waals surface area contributed by atoms with Crippen LogP contribution >= 0.6 is 0 Å². The molecular formula is C58H51N3O9. The van der Waals surface area contributed by atoms with E-state index in [4.69, 9.17) is 10.5 Å². The molecule has 12 heteroatoms. The Balaban J connectivity index is 0.000000177. The van der Waals surface area contributed by atoms with Gasteiger partial charge in [-0.25, -0.2) is 14.4 Å². The number of benzene rings is 8. The number of carbonyl (C=O) groups excluding carboxylic acids is 4. The smallest absolute Gasteiger partial charge is 0.339 e. The van der Waals surface area contributed by atoms with Crippen LogP contribution in [0.15, 0.2) is 182 Å². The zero-order valence-corrected chi connectivity index (χ0v) is 39.2.